The molecule has 0 amide bonds. The Kier molecular flexibility index (Phi) is 4.86. The van der Waals surface area contributed by atoms with Crippen molar-refractivity contribution in [3.05, 3.63) is 55.1 Å². The molecule has 122 valence electrons. The summed E-state index contributed by atoms with van der Waals surface area (Å²) < 4.78 is 5.45. The smallest absolute Gasteiger partial charge is 0.323 e. The van der Waals surface area contributed by atoms with Gasteiger partial charge in [0.2, 0.25) is 11.9 Å². The summed E-state index contributed by atoms with van der Waals surface area (Å²) >= 11 is 0. The molecule has 6 nitrogen and oxygen atoms in total. The van der Waals surface area contributed by atoms with Gasteiger partial charge in [-0.05, 0) is 18.4 Å². The van der Waals surface area contributed by atoms with Crippen LogP contribution in [-0.4, -0.2) is 28.1 Å². The molecule has 0 aliphatic rings. The highest BCUT2D eigenvalue weighted by Crippen LogP contribution is 2.25. The molecule has 1 aromatic heterocycles. The van der Waals surface area contributed by atoms with Crippen LogP contribution >= 0.6 is 0 Å². The number of anilines is 3. The first-order chi connectivity index (χ1) is 11.8. The fourth-order valence-electron chi connectivity index (χ4n) is 2.30. The highest BCUT2D eigenvalue weighted by atomic mass is 16.5. The third-order valence-electron chi connectivity index (χ3n) is 3.32. The molecule has 2 N–H and O–H groups in total. The van der Waals surface area contributed by atoms with Crippen LogP contribution in [0.3, 0.4) is 0 Å². The van der Waals surface area contributed by atoms with E-state index in [1.54, 1.807) is 6.08 Å². The van der Waals surface area contributed by atoms with E-state index >= 15 is 0 Å². The van der Waals surface area contributed by atoms with E-state index in [2.05, 4.69) is 50.4 Å². The Morgan fingerprint density at radius 1 is 1.04 bits per heavy atom. The van der Waals surface area contributed by atoms with Crippen molar-refractivity contribution in [2.24, 2.45) is 0 Å². The van der Waals surface area contributed by atoms with Crippen molar-refractivity contribution in [1.29, 1.82) is 0 Å². The van der Waals surface area contributed by atoms with Gasteiger partial charge in [-0.15, -0.1) is 0 Å². The van der Waals surface area contributed by atoms with E-state index in [0.717, 1.165) is 16.5 Å². The SMILES string of the molecule is C=CCOc1nc(NCC)nc(Nc2cccc3ccccc23)n1. The van der Waals surface area contributed by atoms with Gasteiger partial charge in [-0.1, -0.05) is 49.1 Å². The van der Waals surface area contributed by atoms with E-state index in [-0.39, 0.29) is 6.01 Å². The lowest BCUT2D eigenvalue weighted by atomic mass is 10.1. The van der Waals surface area contributed by atoms with Gasteiger partial charge in [0.25, 0.3) is 0 Å². The molecule has 0 saturated heterocycles. The lowest BCUT2D eigenvalue weighted by Gasteiger charge is -2.11. The van der Waals surface area contributed by atoms with Gasteiger partial charge in [0.15, 0.2) is 0 Å². The Bertz CT molecular complexity index is 844. The zero-order valence-corrected chi connectivity index (χ0v) is 13.5. The van der Waals surface area contributed by atoms with E-state index in [9.17, 15) is 0 Å². The molecule has 3 aromatic rings. The second-order valence-electron chi connectivity index (χ2n) is 5.05. The predicted molar refractivity (Wildman–Crippen MR) is 96.9 cm³/mol. The van der Waals surface area contributed by atoms with Crippen molar-refractivity contribution in [1.82, 2.24) is 15.0 Å². The molecule has 0 atom stereocenters. The predicted octanol–water partition coefficient (Wildman–Crippen LogP) is 3.77. The molecule has 6 heteroatoms. The number of fused-ring (bicyclic) bond motifs is 1. The topological polar surface area (TPSA) is 72.0 Å². The van der Waals surface area contributed by atoms with Crippen LogP contribution in [0.2, 0.25) is 0 Å². The van der Waals surface area contributed by atoms with Gasteiger partial charge in [-0.3, -0.25) is 0 Å². The van der Waals surface area contributed by atoms with Crippen LogP contribution < -0.4 is 15.4 Å². The monoisotopic (exact) mass is 321 g/mol. The average Bonchev–Trinajstić information content (AvgIpc) is 2.60. The maximum atomic E-state index is 5.45. The number of ether oxygens (including phenoxy) is 1. The summed E-state index contributed by atoms with van der Waals surface area (Å²) in [7, 11) is 0. The molecule has 0 spiro atoms. The van der Waals surface area contributed by atoms with E-state index in [1.807, 2.05) is 31.2 Å². The zero-order valence-electron chi connectivity index (χ0n) is 13.5. The van der Waals surface area contributed by atoms with E-state index in [0.29, 0.717) is 25.0 Å². The molecule has 3 rings (SSSR count). The Morgan fingerprint density at radius 2 is 1.83 bits per heavy atom. The lowest BCUT2D eigenvalue weighted by molar-refractivity contribution is 0.333. The Morgan fingerprint density at radius 3 is 2.67 bits per heavy atom. The average molecular weight is 321 g/mol. The lowest BCUT2D eigenvalue weighted by Crippen LogP contribution is -2.09. The van der Waals surface area contributed by atoms with Crippen LogP contribution in [0.25, 0.3) is 10.8 Å². The van der Waals surface area contributed by atoms with Crippen LogP contribution in [0, 0.1) is 0 Å². The molecule has 0 radical (unpaired) electrons. The van der Waals surface area contributed by atoms with Crippen LogP contribution in [0.1, 0.15) is 6.92 Å². The number of aromatic nitrogens is 3. The second kappa shape index (κ2) is 7.41. The molecule has 24 heavy (non-hydrogen) atoms. The Balaban J connectivity index is 1.95. The van der Waals surface area contributed by atoms with Crippen molar-refractivity contribution < 1.29 is 4.74 Å². The van der Waals surface area contributed by atoms with Crippen LogP contribution in [0.15, 0.2) is 55.1 Å². The minimum atomic E-state index is 0.253. The Hall–Kier alpha value is -3.15. The van der Waals surface area contributed by atoms with Crippen molar-refractivity contribution >= 4 is 28.4 Å². The number of rotatable bonds is 7. The van der Waals surface area contributed by atoms with Crippen molar-refractivity contribution in [2.75, 3.05) is 23.8 Å². The summed E-state index contributed by atoms with van der Waals surface area (Å²) in [6, 6.07) is 14.4. The number of hydrogen-bond acceptors (Lipinski definition) is 6. The third-order valence-corrected chi connectivity index (χ3v) is 3.32. The molecular weight excluding hydrogens is 302 g/mol. The fraction of sp³-hybridized carbons (Fsp3) is 0.167. The first-order valence-corrected chi connectivity index (χ1v) is 7.78. The first kappa shape index (κ1) is 15.7. The normalized spacial score (nSPS) is 10.4. The van der Waals surface area contributed by atoms with Gasteiger partial charge in [-0.2, -0.15) is 15.0 Å². The standard InChI is InChI=1S/C18H19N5O/c1-3-12-24-18-22-16(19-4-2)21-17(23-18)20-15-11-7-9-13-8-5-6-10-14(13)15/h3,5-11H,1,4,12H2,2H3,(H2,19,20,21,22,23). The van der Waals surface area contributed by atoms with E-state index < -0.39 is 0 Å². The van der Waals surface area contributed by atoms with Crippen molar-refractivity contribution in [3.8, 4) is 6.01 Å². The summed E-state index contributed by atoms with van der Waals surface area (Å²) in [5.41, 5.74) is 0.927. The van der Waals surface area contributed by atoms with E-state index in [1.165, 1.54) is 0 Å². The van der Waals surface area contributed by atoms with Gasteiger partial charge in [0.05, 0.1) is 0 Å². The second-order valence-corrected chi connectivity index (χ2v) is 5.05. The van der Waals surface area contributed by atoms with Crippen molar-refractivity contribution in [2.45, 2.75) is 6.92 Å². The molecule has 0 saturated carbocycles. The number of nitrogens with one attached hydrogen (secondary N) is 2. The summed E-state index contributed by atoms with van der Waals surface area (Å²) in [4.78, 5) is 12.9. The fourth-order valence-corrected chi connectivity index (χ4v) is 2.30. The highest BCUT2D eigenvalue weighted by molar-refractivity contribution is 5.94. The molecule has 0 fully saturated rings. The summed E-state index contributed by atoms with van der Waals surface area (Å²) in [5, 5.41) is 8.58. The van der Waals surface area contributed by atoms with E-state index in [4.69, 9.17) is 4.74 Å². The minimum absolute atomic E-state index is 0.253. The summed E-state index contributed by atoms with van der Waals surface area (Å²) in [6.07, 6.45) is 1.65. The summed E-state index contributed by atoms with van der Waals surface area (Å²) in [6.45, 7) is 6.65. The third kappa shape index (κ3) is 3.60. The number of hydrogen-bond donors (Lipinski definition) is 2. The van der Waals surface area contributed by atoms with Gasteiger partial charge in [0.1, 0.15) is 6.61 Å². The largest absolute Gasteiger partial charge is 0.459 e. The quantitative estimate of drug-likeness (QED) is 0.646. The summed E-state index contributed by atoms with van der Waals surface area (Å²) in [5.74, 6) is 0.894. The van der Waals surface area contributed by atoms with Gasteiger partial charge < -0.3 is 15.4 Å². The van der Waals surface area contributed by atoms with Crippen LogP contribution in [0.4, 0.5) is 17.6 Å². The molecule has 0 unspecified atom stereocenters. The van der Waals surface area contributed by atoms with Crippen molar-refractivity contribution in [3.63, 3.8) is 0 Å². The highest BCUT2D eigenvalue weighted by Gasteiger charge is 2.08. The van der Waals surface area contributed by atoms with Crippen LogP contribution in [0.5, 0.6) is 6.01 Å². The number of benzene rings is 2. The van der Waals surface area contributed by atoms with Crippen LogP contribution in [-0.2, 0) is 0 Å². The molecule has 0 aliphatic heterocycles. The van der Waals surface area contributed by atoms with Gasteiger partial charge in [0, 0.05) is 17.6 Å². The zero-order chi connectivity index (χ0) is 16.8. The molecular formula is C18H19N5O. The van der Waals surface area contributed by atoms with Gasteiger partial charge in [-0.25, -0.2) is 0 Å². The first-order valence-electron chi connectivity index (χ1n) is 7.78. The molecule has 0 aliphatic carbocycles. The Labute approximate surface area is 140 Å². The van der Waals surface area contributed by atoms with Gasteiger partial charge >= 0.3 is 6.01 Å². The maximum absolute atomic E-state index is 5.45. The molecule has 0 bridgehead atoms. The maximum Gasteiger partial charge on any atom is 0.323 e. The minimum Gasteiger partial charge on any atom is -0.459 e. The molecule has 1 heterocycles. The molecule has 2 aromatic carbocycles. The number of nitrogens with zero attached hydrogens (tertiary/aromatic N) is 3.